The van der Waals surface area contributed by atoms with Crippen LogP contribution in [0.1, 0.15) is 39.6 Å². The number of hydrogen-bond acceptors (Lipinski definition) is 2. The van der Waals surface area contributed by atoms with Crippen LogP contribution in [0.15, 0.2) is 48.8 Å². The Morgan fingerprint density at radius 2 is 2.18 bits per heavy atom. The highest BCUT2D eigenvalue weighted by Gasteiger charge is 2.24. The van der Waals surface area contributed by atoms with Crippen molar-refractivity contribution in [3.8, 4) is 0 Å². The molecule has 110 valence electrons. The average Bonchev–Trinajstić information content (AvgIpc) is 3.11. The Bertz CT molecular complexity index is 866. The number of amides is 1. The van der Waals surface area contributed by atoms with E-state index in [0.29, 0.717) is 5.69 Å². The van der Waals surface area contributed by atoms with Crippen LogP contribution in [0.4, 0.5) is 0 Å². The molecule has 0 saturated heterocycles. The zero-order valence-corrected chi connectivity index (χ0v) is 12.4. The molecule has 1 N–H and O–H groups in total. The number of aryl methyl sites for hydroxylation is 2. The number of nitrogens with zero attached hydrogens (tertiary/aromatic N) is 2. The molecule has 1 atom stereocenters. The fourth-order valence-corrected chi connectivity index (χ4v) is 3.13. The molecule has 3 aromatic rings. The maximum Gasteiger partial charge on any atom is 0.271 e. The minimum Gasteiger partial charge on any atom is -0.344 e. The summed E-state index contributed by atoms with van der Waals surface area (Å²) < 4.78 is 1.88. The average molecular weight is 291 g/mol. The molecule has 4 nitrogen and oxygen atoms in total. The van der Waals surface area contributed by atoms with E-state index in [1.54, 1.807) is 6.20 Å². The summed E-state index contributed by atoms with van der Waals surface area (Å²) in [6.45, 7) is 2.02. The first-order valence-corrected chi connectivity index (χ1v) is 7.55. The molecule has 1 aromatic carbocycles. The number of benzene rings is 1. The van der Waals surface area contributed by atoms with Crippen molar-refractivity contribution in [2.75, 3.05) is 0 Å². The number of carbonyl (C=O) groups excluding carboxylic acids is 1. The fraction of sp³-hybridized carbons (Fsp3) is 0.222. The Morgan fingerprint density at radius 1 is 1.32 bits per heavy atom. The summed E-state index contributed by atoms with van der Waals surface area (Å²) in [6, 6.07) is 12.4. The molecule has 0 saturated carbocycles. The highest BCUT2D eigenvalue weighted by molar-refractivity contribution is 5.93. The third kappa shape index (κ3) is 2.17. The highest BCUT2D eigenvalue weighted by Crippen LogP contribution is 2.30. The van der Waals surface area contributed by atoms with Gasteiger partial charge in [-0.1, -0.05) is 24.3 Å². The predicted octanol–water partition coefficient (Wildman–Crippen LogP) is 3.06. The van der Waals surface area contributed by atoms with Crippen LogP contribution in [0, 0.1) is 6.92 Å². The number of nitrogens with one attached hydrogen (secondary N) is 1. The van der Waals surface area contributed by atoms with E-state index >= 15 is 0 Å². The van der Waals surface area contributed by atoms with Crippen LogP contribution in [-0.2, 0) is 6.42 Å². The minimum absolute atomic E-state index is 0.0928. The molecule has 1 unspecified atom stereocenters. The first kappa shape index (κ1) is 13.1. The number of carbonyl (C=O) groups is 1. The van der Waals surface area contributed by atoms with Crippen molar-refractivity contribution >= 4 is 11.6 Å². The van der Waals surface area contributed by atoms with E-state index in [9.17, 15) is 4.79 Å². The van der Waals surface area contributed by atoms with Crippen LogP contribution in [0.25, 0.3) is 5.65 Å². The molecular formula is C18H17N3O. The summed E-state index contributed by atoms with van der Waals surface area (Å²) in [5.74, 6) is -0.108. The summed E-state index contributed by atoms with van der Waals surface area (Å²) in [6.07, 6.45) is 5.69. The van der Waals surface area contributed by atoms with Crippen molar-refractivity contribution in [3.63, 3.8) is 0 Å². The van der Waals surface area contributed by atoms with Gasteiger partial charge in [0.05, 0.1) is 6.04 Å². The summed E-state index contributed by atoms with van der Waals surface area (Å²) in [5, 5.41) is 3.11. The van der Waals surface area contributed by atoms with E-state index in [4.69, 9.17) is 0 Å². The Hall–Kier alpha value is -2.62. The van der Waals surface area contributed by atoms with Gasteiger partial charge in [-0.15, -0.1) is 0 Å². The quantitative estimate of drug-likeness (QED) is 0.788. The largest absolute Gasteiger partial charge is 0.344 e. The number of aromatic nitrogens is 2. The number of rotatable bonds is 2. The van der Waals surface area contributed by atoms with Gasteiger partial charge in [0.2, 0.25) is 0 Å². The van der Waals surface area contributed by atoms with Crippen LogP contribution >= 0.6 is 0 Å². The van der Waals surface area contributed by atoms with Gasteiger partial charge in [0.15, 0.2) is 0 Å². The zero-order valence-electron chi connectivity index (χ0n) is 12.4. The SMILES string of the molecule is Cc1ccn2cc(C(=O)NC3CCc4ccccc43)nc2c1. The molecular weight excluding hydrogens is 274 g/mol. The van der Waals surface area contributed by atoms with Gasteiger partial charge in [0, 0.05) is 12.4 Å². The van der Waals surface area contributed by atoms with Crippen LogP contribution in [0.2, 0.25) is 0 Å². The molecule has 0 radical (unpaired) electrons. The first-order chi connectivity index (χ1) is 10.7. The molecule has 1 aliphatic carbocycles. The second-order valence-electron chi connectivity index (χ2n) is 5.86. The number of pyridine rings is 1. The molecule has 1 amide bonds. The first-order valence-electron chi connectivity index (χ1n) is 7.55. The van der Waals surface area contributed by atoms with Crippen LogP contribution in [0.5, 0.6) is 0 Å². The van der Waals surface area contributed by atoms with Gasteiger partial charge < -0.3 is 9.72 Å². The van der Waals surface area contributed by atoms with Gasteiger partial charge in [0.25, 0.3) is 5.91 Å². The smallest absolute Gasteiger partial charge is 0.271 e. The molecule has 22 heavy (non-hydrogen) atoms. The topological polar surface area (TPSA) is 46.4 Å². The van der Waals surface area contributed by atoms with Crippen molar-refractivity contribution in [1.29, 1.82) is 0 Å². The van der Waals surface area contributed by atoms with Crippen molar-refractivity contribution < 1.29 is 4.79 Å². The Kier molecular flexibility index (Phi) is 2.96. The van der Waals surface area contributed by atoms with E-state index in [-0.39, 0.29) is 11.9 Å². The van der Waals surface area contributed by atoms with Gasteiger partial charge in [-0.3, -0.25) is 4.79 Å². The summed E-state index contributed by atoms with van der Waals surface area (Å²) in [7, 11) is 0. The lowest BCUT2D eigenvalue weighted by Crippen LogP contribution is -2.27. The molecule has 2 aromatic heterocycles. The highest BCUT2D eigenvalue weighted by atomic mass is 16.2. The van der Waals surface area contributed by atoms with Crippen molar-refractivity contribution in [2.45, 2.75) is 25.8 Å². The summed E-state index contributed by atoms with van der Waals surface area (Å²) in [5.41, 5.74) is 4.97. The monoisotopic (exact) mass is 291 g/mol. The third-order valence-electron chi connectivity index (χ3n) is 4.29. The standard InChI is InChI=1S/C18H17N3O/c1-12-8-9-21-11-16(19-17(21)10-12)18(22)20-15-7-6-13-4-2-3-5-14(13)15/h2-5,8-11,15H,6-7H2,1H3,(H,20,22). The lowest BCUT2D eigenvalue weighted by Gasteiger charge is -2.12. The van der Waals surface area contributed by atoms with E-state index in [1.165, 1.54) is 11.1 Å². The fourth-order valence-electron chi connectivity index (χ4n) is 3.13. The Balaban J connectivity index is 1.59. The molecule has 2 heterocycles. The zero-order chi connectivity index (χ0) is 15.1. The van der Waals surface area contributed by atoms with Gasteiger partial charge in [0.1, 0.15) is 11.3 Å². The van der Waals surface area contributed by atoms with E-state index in [0.717, 1.165) is 24.1 Å². The molecule has 0 aliphatic heterocycles. The summed E-state index contributed by atoms with van der Waals surface area (Å²) in [4.78, 5) is 16.9. The maximum absolute atomic E-state index is 12.5. The lowest BCUT2D eigenvalue weighted by molar-refractivity contribution is 0.0932. The normalized spacial score (nSPS) is 16.7. The molecule has 4 heteroatoms. The number of imidazole rings is 1. The third-order valence-corrected chi connectivity index (χ3v) is 4.29. The van der Waals surface area contributed by atoms with Gasteiger partial charge in [-0.25, -0.2) is 4.98 Å². The Labute approximate surface area is 128 Å². The van der Waals surface area contributed by atoms with Crippen molar-refractivity contribution in [1.82, 2.24) is 14.7 Å². The van der Waals surface area contributed by atoms with E-state index < -0.39 is 0 Å². The molecule has 0 fully saturated rings. The van der Waals surface area contributed by atoms with Crippen LogP contribution in [0.3, 0.4) is 0 Å². The lowest BCUT2D eigenvalue weighted by atomic mass is 10.1. The van der Waals surface area contributed by atoms with Crippen molar-refractivity contribution in [2.24, 2.45) is 0 Å². The Morgan fingerprint density at radius 3 is 3.09 bits per heavy atom. The number of hydrogen-bond donors (Lipinski definition) is 1. The van der Waals surface area contributed by atoms with Crippen molar-refractivity contribution in [3.05, 3.63) is 71.2 Å². The minimum atomic E-state index is -0.108. The van der Waals surface area contributed by atoms with Gasteiger partial charge in [-0.2, -0.15) is 0 Å². The second kappa shape index (κ2) is 4.98. The molecule has 4 rings (SSSR count). The summed E-state index contributed by atoms with van der Waals surface area (Å²) >= 11 is 0. The molecule has 1 aliphatic rings. The number of fused-ring (bicyclic) bond motifs is 2. The second-order valence-corrected chi connectivity index (χ2v) is 5.86. The van der Waals surface area contributed by atoms with Crippen LogP contribution < -0.4 is 5.32 Å². The molecule has 0 spiro atoms. The maximum atomic E-state index is 12.5. The molecule has 0 bridgehead atoms. The van der Waals surface area contributed by atoms with E-state index in [2.05, 4.69) is 22.4 Å². The van der Waals surface area contributed by atoms with Crippen LogP contribution in [-0.4, -0.2) is 15.3 Å². The van der Waals surface area contributed by atoms with E-state index in [1.807, 2.05) is 41.8 Å². The van der Waals surface area contributed by atoms with Gasteiger partial charge >= 0.3 is 0 Å². The van der Waals surface area contributed by atoms with Gasteiger partial charge in [-0.05, 0) is 48.6 Å². The predicted molar refractivity (Wildman–Crippen MR) is 84.9 cm³/mol.